The quantitative estimate of drug-likeness (QED) is 0.704. The molecule has 0 unspecified atom stereocenters. The van der Waals surface area contributed by atoms with E-state index in [1.54, 1.807) is 36.2 Å². The number of hydrogen-bond donors (Lipinski definition) is 1. The Balaban J connectivity index is 2.48. The van der Waals surface area contributed by atoms with Crippen molar-refractivity contribution in [2.45, 2.75) is 19.8 Å². The summed E-state index contributed by atoms with van der Waals surface area (Å²) in [6.45, 7) is 2.77. The van der Waals surface area contributed by atoms with Crippen molar-refractivity contribution in [3.05, 3.63) is 24.3 Å². The molecule has 1 N–H and O–H groups in total. The van der Waals surface area contributed by atoms with Crippen LogP contribution in [0.15, 0.2) is 24.3 Å². The second-order valence-corrected chi connectivity index (χ2v) is 4.43. The number of carboxylic acid groups (broad SMARTS) is 1. The highest BCUT2D eigenvalue weighted by molar-refractivity contribution is 5.92. The molecule has 0 bridgehead atoms. The molecular formula is C15H21NO5. The smallest absolute Gasteiger partial charge is 0.341 e. The lowest BCUT2D eigenvalue weighted by Crippen LogP contribution is -2.26. The highest BCUT2D eigenvalue weighted by Crippen LogP contribution is 2.19. The number of aliphatic carboxylic acids is 1. The van der Waals surface area contributed by atoms with E-state index in [0.717, 1.165) is 5.69 Å². The molecule has 0 aliphatic heterocycles. The van der Waals surface area contributed by atoms with Gasteiger partial charge in [-0.1, -0.05) is 0 Å². The largest absolute Gasteiger partial charge is 0.482 e. The van der Waals surface area contributed by atoms with Crippen LogP contribution in [0.5, 0.6) is 5.75 Å². The van der Waals surface area contributed by atoms with Gasteiger partial charge in [0.1, 0.15) is 5.75 Å². The van der Waals surface area contributed by atoms with Crippen molar-refractivity contribution in [1.29, 1.82) is 0 Å². The predicted octanol–water partition coefficient (Wildman–Crippen LogP) is 1.93. The summed E-state index contributed by atoms with van der Waals surface area (Å²) in [5, 5.41) is 8.52. The number of rotatable bonds is 9. The van der Waals surface area contributed by atoms with Crippen LogP contribution in [0.3, 0.4) is 0 Å². The Labute approximate surface area is 124 Å². The van der Waals surface area contributed by atoms with Gasteiger partial charge in [0.2, 0.25) is 5.91 Å². The van der Waals surface area contributed by atoms with Crippen LogP contribution in [-0.2, 0) is 14.3 Å². The van der Waals surface area contributed by atoms with Gasteiger partial charge in [0.05, 0.1) is 0 Å². The maximum atomic E-state index is 12.0. The van der Waals surface area contributed by atoms with Crippen molar-refractivity contribution >= 4 is 17.6 Å². The van der Waals surface area contributed by atoms with Crippen LogP contribution >= 0.6 is 0 Å². The summed E-state index contributed by atoms with van der Waals surface area (Å²) in [4.78, 5) is 23.9. The molecule has 1 rings (SSSR count). The Kier molecular flexibility index (Phi) is 7.25. The topological polar surface area (TPSA) is 76.1 Å². The summed E-state index contributed by atoms with van der Waals surface area (Å²) >= 11 is 0. The minimum atomic E-state index is -1.03. The van der Waals surface area contributed by atoms with E-state index in [4.69, 9.17) is 14.6 Å². The molecule has 0 aromatic heterocycles. The summed E-state index contributed by atoms with van der Waals surface area (Å²) in [5.41, 5.74) is 0.735. The standard InChI is InChI=1S/C15H21NO5/c1-3-20-10-4-5-14(17)16(2)12-6-8-13(9-7-12)21-11-15(18)19/h6-9H,3-5,10-11H2,1-2H3,(H,18,19). The van der Waals surface area contributed by atoms with Gasteiger partial charge in [0, 0.05) is 32.4 Å². The summed E-state index contributed by atoms with van der Waals surface area (Å²) in [6, 6.07) is 6.72. The Morgan fingerprint density at radius 3 is 2.48 bits per heavy atom. The summed E-state index contributed by atoms with van der Waals surface area (Å²) < 4.78 is 10.2. The molecule has 0 saturated carbocycles. The van der Waals surface area contributed by atoms with E-state index in [1.807, 2.05) is 6.92 Å². The number of carbonyl (C=O) groups excluding carboxylic acids is 1. The van der Waals surface area contributed by atoms with Crippen molar-refractivity contribution in [1.82, 2.24) is 0 Å². The lowest BCUT2D eigenvalue weighted by molar-refractivity contribution is -0.139. The molecule has 1 amide bonds. The minimum absolute atomic E-state index is 0.00825. The van der Waals surface area contributed by atoms with Crippen molar-refractivity contribution in [3.8, 4) is 5.75 Å². The highest BCUT2D eigenvalue weighted by atomic mass is 16.5. The number of hydrogen-bond acceptors (Lipinski definition) is 4. The van der Waals surface area contributed by atoms with E-state index >= 15 is 0 Å². The fourth-order valence-electron chi connectivity index (χ4n) is 1.69. The fourth-order valence-corrected chi connectivity index (χ4v) is 1.69. The second-order valence-electron chi connectivity index (χ2n) is 4.43. The minimum Gasteiger partial charge on any atom is -0.482 e. The zero-order chi connectivity index (χ0) is 15.7. The molecule has 116 valence electrons. The van der Waals surface area contributed by atoms with E-state index < -0.39 is 5.97 Å². The summed E-state index contributed by atoms with van der Waals surface area (Å²) in [6.07, 6.45) is 1.12. The third-order valence-corrected chi connectivity index (χ3v) is 2.84. The van der Waals surface area contributed by atoms with Gasteiger partial charge in [0.25, 0.3) is 0 Å². The van der Waals surface area contributed by atoms with Crippen molar-refractivity contribution in [2.24, 2.45) is 0 Å². The van der Waals surface area contributed by atoms with E-state index in [1.165, 1.54) is 0 Å². The van der Waals surface area contributed by atoms with Gasteiger partial charge >= 0.3 is 5.97 Å². The van der Waals surface area contributed by atoms with Gasteiger partial charge in [0.15, 0.2) is 6.61 Å². The van der Waals surface area contributed by atoms with Crippen LogP contribution in [-0.4, -0.2) is 43.9 Å². The van der Waals surface area contributed by atoms with Crippen molar-refractivity contribution in [3.63, 3.8) is 0 Å². The first-order chi connectivity index (χ1) is 10.0. The highest BCUT2D eigenvalue weighted by Gasteiger charge is 2.10. The lowest BCUT2D eigenvalue weighted by Gasteiger charge is -2.17. The molecular weight excluding hydrogens is 274 g/mol. The zero-order valence-electron chi connectivity index (χ0n) is 12.4. The first-order valence-electron chi connectivity index (χ1n) is 6.83. The van der Waals surface area contributed by atoms with Crippen molar-refractivity contribution < 1.29 is 24.2 Å². The number of ether oxygens (including phenoxy) is 2. The molecule has 0 aliphatic rings. The first-order valence-corrected chi connectivity index (χ1v) is 6.83. The van der Waals surface area contributed by atoms with Crippen LogP contribution in [0, 0.1) is 0 Å². The number of anilines is 1. The van der Waals surface area contributed by atoms with Gasteiger partial charge in [-0.05, 0) is 37.6 Å². The molecule has 6 heteroatoms. The molecule has 0 spiro atoms. The number of carboxylic acids is 1. The van der Waals surface area contributed by atoms with Crippen molar-refractivity contribution in [2.75, 3.05) is 31.8 Å². The maximum Gasteiger partial charge on any atom is 0.341 e. The SMILES string of the molecule is CCOCCCC(=O)N(C)c1ccc(OCC(=O)O)cc1. The van der Waals surface area contributed by atoms with Crippen LogP contribution in [0.25, 0.3) is 0 Å². The third kappa shape index (κ3) is 6.27. The Hall–Kier alpha value is -2.08. The molecule has 6 nitrogen and oxygen atoms in total. The normalized spacial score (nSPS) is 10.2. The second kappa shape index (κ2) is 8.97. The monoisotopic (exact) mass is 295 g/mol. The average molecular weight is 295 g/mol. The molecule has 1 aromatic carbocycles. The molecule has 0 aliphatic carbocycles. The molecule has 0 saturated heterocycles. The first kappa shape index (κ1) is 17.0. The molecule has 0 heterocycles. The number of carbonyl (C=O) groups is 2. The summed E-state index contributed by atoms with van der Waals surface area (Å²) in [5.74, 6) is -0.562. The third-order valence-electron chi connectivity index (χ3n) is 2.84. The predicted molar refractivity (Wildman–Crippen MR) is 78.7 cm³/mol. The van der Waals surface area contributed by atoms with E-state index in [9.17, 15) is 9.59 Å². The van der Waals surface area contributed by atoms with Crippen LogP contribution in [0.1, 0.15) is 19.8 Å². The maximum absolute atomic E-state index is 12.0. The van der Waals surface area contributed by atoms with E-state index in [0.29, 0.717) is 31.8 Å². The van der Waals surface area contributed by atoms with E-state index in [2.05, 4.69) is 0 Å². The fraction of sp³-hybridized carbons (Fsp3) is 0.467. The molecule has 1 aromatic rings. The molecule has 0 radical (unpaired) electrons. The Bertz CT molecular complexity index is 458. The van der Waals surface area contributed by atoms with Gasteiger partial charge in [-0.3, -0.25) is 4.79 Å². The Morgan fingerprint density at radius 1 is 1.24 bits per heavy atom. The molecule has 0 atom stereocenters. The van der Waals surface area contributed by atoms with Gasteiger partial charge in [-0.15, -0.1) is 0 Å². The Morgan fingerprint density at radius 2 is 1.90 bits per heavy atom. The zero-order valence-corrected chi connectivity index (χ0v) is 12.4. The number of benzene rings is 1. The molecule has 21 heavy (non-hydrogen) atoms. The van der Waals surface area contributed by atoms with Crippen LogP contribution in [0.2, 0.25) is 0 Å². The van der Waals surface area contributed by atoms with Gasteiger partial charge < -0.3 is 19.5 Å². The lowest BCUT2D eigenvalue weighted by atomic mass is 10.2. The van der Waals surface area contributed by atoms with E-state index in [-0.39, 0.29) is 12.5 Å². The van der Waals surface area contributed by atoms with Gasteiger partial charge in [-0.25, -0.2) is 4.79 Å². The average Bonchev–Trinajstić information content (AvgIpc) is 2.49. The van der Waals surface area contributed by atoms with Crippen LogP contribution in [0.4, 0.5) is 5.69 Å². The molecule has 0 fully saturated rings. The number of amides is 1. The van der Waals surface area contributed by atoms with Gasteiger partial charge in [-0.2, -0.15) is 0 Å². The summed E-state index contributed by atoms with van der Waals surface area (Å²) in [7, 11) is 1.70. The number of nitrogens with zero attached hydrogens (tertiary/aromatic N) is 1. The van der Waals surface area contributed by atoms with Crippen LogP contribution < -0.4 is 9.64 Å².